The molecule has 0 fully saturated rings. The Kier molecular flexibility index (Phi) is 6.95. The Morgan fingerprint density at radius 3 is 2.76 bits per heavy atom. The molecule has 17 heavy (non-hydrogen) atoms. The summed E-state index contributed by atoms with van der Waals surface area (Å²) >= 11 is 2.05. The van der Waals surface area contributed by atoms with Crippen LogP contribution >= 0.6 is 22.6 Å². The molecule has 0 aliphatic carbocycles. The number of alkyl halides is 1. The minimum atomic E-state index is -0.206. The molecule has 0 spiro atoms. The van der Waals surface area contributed by atoms with Crippen LogP contribution in [-0.4, -0.2) is 36.7 Å². The second-order valence-electron chi connectivity index (χ2n) is 3.36. The number of ether oxygens (including phenoxy) is 2. The Bertz CT molecular complexity index is 332. The number of carbonyl (C=O) groups excluding carboxylic acids is 1. The van der Waals surface area contributed by atoms with Gasteiger partial charge in [0.05, 0.1) is 7.11 Å². The summed E-state index contributed by atoms with van der Waals surface area (Å²) in [5, 5.41) is 3.14. The number of esters is 1. The van der Waals surface area contributed by atoms with Crippen LogP contribution in [0.2, 0.25) is 0 Å². The van der Waals surface area contributed by atoms with Crippen molar-refractivity contribution in [2.24, 2.45) is 0 Å². The lowest BCUT2D eigenvalue weighted by Crippen LogP contribution is -2.32. The molecule has 0 heterocycles. The van der Waals surface area contributed by atoms with E-state index >= 15 is 0 Å². The van der Waals surface area contributed by atoms with Gasteiger partial charge >= 0.3 is 5.97 Å². The van der Waals surface area contributed by atoms with Gasteiger partial charge in [-0.2, -0.15) is 0 Å². The summed E-state index contributed by atoms with van der Waals surface area (Å²) < 4.78 is 9.96. The first-order valence-corrected chi connectivity index (χ1v) is 6.59. The molecule has 1 aromatic rings. The highest BCUT2D eigenvalue weighted by molar-refractivity contribution is 14.1. The number of methoxy groups -OCH3 is 1. The summed E-state index contributed by atoms with van der Waals surface area (Å²) in [5.74, 6) is 0.648. The molecule has 0 aliphatic heterocycles. The van der Waals surface area contributed by atoms with Crippen molar-refractivity contribution in [2.75, 3.05) is 26.8 Å². The number of halogens is 1. The topological polar surface area (TPSA) is 47.6 Å². The van der Waals surface area contributed by atoms with Crippen molar-refractivity contribution < 1.29 is 14.3 Å². The average molecular weight is 349 g/mol. The molecular formula is C12H16INO3. The van der Waals surface area contributed by atoms with Crippen molar-refractivity contribution in [3.05, 3.63) is 30.3 Å². The third-order valence-corrected chi connectivity index (χ3v) is 3.02. The molecule has 0 radical (unpaired) electrons. The molecule has 0 aromatic heterocycles. The normalized spacial score (nSPS) is 11.9. The van der Waals surface area contributed by atoms with E-state index < -0.39 is 0 Å². The Hall–Kier alpha value is -0.820. The Morgan fingerprint density at radius 1 is 1.41 bits per heavy atom. The van der Waals surface area contributed by atoms with Gasteiger partial charge in [0.15, 0.2) is 0 Å². The molecule has 1 rings (SSSR count). The van der Waals surface area contributed by atoms with Crippen molar-refractivity contribution in [2.45, 2.75) is 3.92 Å². The molecule has 0 saturated heterocycles. The van der Waals surface area contributed by atoms with Crippen LogP contribution in [0, 0.1) is 0 Å². The summed E-state index contributed by atoms with van der Waals surface area (Å²) in [4.78, 5) is 11.1. The lowest BCUT2D eigenvalue weighted by atomic mass is 10.3. The standard InChI is InChI=1S/C12H16INO3/c1-16-12(15)11(13)9-14-7-8-17-10-5-3-2-4-6-10/h2-6,11,14H,7-9H2,1H3. The smallest absolute Gasteiger partial charge is 0.319 e. The van der Waals surface area contributed by atoms with Gasteiger partial charge in [-0.25, -0.2) is 0 Å². The molecule has 5 heteroatoms. The van der Waals surface area contributed by atoms with Crippen LogP contribution in [0.25, 0.3) is 0 Å². The lowest BCUT2D eigenvalue weighted by molar-refractivity contribution is -0.139. The van der Waals surface area contributed by atoms with Gasteiger partial charge in [-0.3, -0.25) is 4.79 Å². The molecular weight excluding hydrogens is 333 g/mol. The van der Waals surface area contributed by atoms with Crippen molar-refractivity contribution in [1.29, 1.82) is 0 Å². The zero-order chi connectivity index (χ0) is 12.5. The molecule has 1 aromatic carbocycles. The van der Waals surface area contributed by atoms with Gasteiger partial charge in [-0.15, -0.1) is 0 Å². The molecule has 0 aliphatic rings. The maximum absolute atomic E-state index is 11.1. The number of rotatable bonds is 7. The molecule has 0 amide bonds. The molecule has 0 bridgehead atoms. The highest BCUT2D eigenvalue weighted by Gasteiger charge is 2.13. The number of hydrogen-bond acceptors (Lipinski definition) is 4. The Balaban J connectivity index is 2.07. The van der Waals surface area contributed by atoms with E-state index in [1.165, 1.54) is 7.11 Å². The van der Waals surface area contributed by atoms with Crippen molar-refractivity contribution in [3.8, 4) is 5.75 Å². The summed E-state index contributed by atoms with van der Waals surface area (Å²) in [5.41, 5.74) is 0. The quantitative estimate of drug-likeness (QED) is 0.352. The Labute approximate surface area is 115 Å². The van der Waals surface area contributed by atoms with Crippen LogP contribution in [-0.2, 0) is 9.53 Å². The van der Waals surface area contributed by atoms with Crippen LogP contribution in [0.5, 0.6) is 5.75 Å². The first-order chi connectivity index (χ1) is 8.24. The Morgan fingerprint density at radius 2 is 2.12 bits per heavy atom. The SMILES string of the molecule is COC(=O)C(I)CNCCOc1ccccc1. The van der Waals surface area contributed by atoms with E-state index in [1.54, 1.807) is 0 Å². The van der Waals surface area contributed by atoms with Crippen molar-refractivity contribution in [3.63, 3.8) is 0 Å². The number of para-hydroxylation sites is 1. The second-order valence-corrected chi connectivity index (χ2v) is 4.86. The number of hydrogen-bond donors (Lipinski definition) is 1. The molecule has 1 unspecified atom stereocenters. The largest absolute Gasteiger partial charge is 0.492 e. The predicted octanol–water partition coefficient (Wildman–Crippen LogP) is 1.63. The van der Waals surface area contributed by atoms with Gasteiger partial charge in [-0.1, -0.05) is 40.8 Å². The third-order valence-electron chi connectivity index (χ3n) is 2.07. The maximum atomic E-state index is 11.1. The fraction of sp³-hybridized carbons (Fsp3) is 0.417. The zero-order valence-corrected chi connectivity index (χ0v) is 11.8. The summed E-state index contributed by atoms with van der Waals surface area (Å²) in [6, 6.07) is 9.63. The van der Waals surface area contributed by atoms with Crippen molar-refractivity contribution in [1.82, 2.24) is 5.32 Å². The monoisotopic (exact) mass is 349 g/mol. The minimum absolute atomic E-state index is 0.158. The number of nitrogens with one attached hydrogen (secondary N) is 1. The third kappa shape index (κ3) is 5.88. The van der Waals surface area contributed by atoms with Gasteiger partial charge in [0.2, 0.25) is 0 Å². The van der Waals surface area contributed by atoms with Gasteiger partial charge in [0.1, 0.15) is 16.3 Å². The first-order valence-electron chi connectivity index (χ1n) is 5.34. The van der Waals surface area contributed by atoms with Crippen LogP contribution in [0.15, 0.2) is 30.3 Å². The highest BCUT2D eigenvalue weighted by Crippen LogP contribution is 2.07. The van der Waals surface area contributed by atoms with E-state index in [9.17, 15) is 4.79 Å². The average Bonchev–Trinajstić information content (AvgIpc) is 2.38. The van der Waals surface area contributed by atoms with Gasteiger partial charge in [0, 0.05) is 13.1 Å². The van der Waals surface area contributed by atoms with E-state index in [2.05, 4.69) is 32.6 Å². The van der Waals surface area contributed by atoms with Gasteiger partial charge < -0.3 is 14.8 Å². The summed E-state index contributed by atoms with van der Waals surface area (Å²) in [6.07, 6.45) is 0. The molecule has 4 nitrogen and oxygen atoms in total. The van der Waals surface area contributed by atoms with Crippen LogP contribution in [0.4, 0.5) is 0 Å². The lowest BCUT2D eigenvalue weighted by Gasteiger charge is -2.10. The number of carbonyl (C=O) groups is 1. The minimum Gasteiger partial charge on any atom is -0.492 e. The van der Waals surface area contributed by atoms with E-state index in [1.807, 2.05) is 30.3 Å². The van der Waals surface area contributed by atoms with E-state index in [0.717, 1.165) is 5.75 Å². The fourth-order valence-corrected chi connectivity index (χ4v) is 1.76. The molecule has 94 valence electrons. The summed E-state index contributed by atoms with van der Waals surface area (Å²) in [7, 11) is 1.40. The van der Waals surface area contributed by atoms with Gasteiger partial charge in [-0.05, 0) is 12.1 Å². The second kappa shape index (κ2) is 8.30. The van der Waals surface area contributed by atoms with Crippen LogP contribution < -0.4 is 10.1 Å². The summed E-state index contributed by atoms with van der Waals surface area (Å²) in [6.45, 7) is 1.87. The molecule has 0 saturated carbocycles. The fourth-order valence-electron chi connectivity index (χ4n) is 1.20. The molecule has 1 N–H and O–H groups in total. The maximum Gasteiger partial charge on any atom is 0.319 e. The van der Waals surface area contributed by atoms with Crippen LogP contribution in [0.3, 0.4) is 0 Å². The predicted molar refractivity (Wildman–Crippen MR) is 74.6 cm³/mol. The van der Waals surface area contributed by atoms with Crippen LogP contribution in [0.1, 0.15) is 0 Å². The number of benzene rings is 1. The van der Waals surface area contributed by atoms with Gasteiger partial charge in [0.25, 0.3) is 0 Å². The van der Waals surface area contributed by atoms with Crippen molar-refractivity contribution >= 4 is 28.6 Å². The van der Waals surface area contributed by atoms with E-state index in [4.69, 9.17) is 4.74 Å². The molecule has 1 atom stereocenters. The first kappa shape index (κ1) is 14.2. The van der Waals surface area contributed by atoms with E-state index in [0.29, 0.717) is 19.7 Å². The highest BCUT2D eigenvalue weighted by atomic mass is 127. The van der Waals surface area contributed by atoms with E-state index in [-0.39, 0.29) is 9.89 Å². The zero-order valence-electron chi connectivity index (χ0n) is 9.69.